The molecular weight excluding hydrogens is 372 g/mol. The first kappa shape index (κ1) is 23.5. The van der Waals surface area contributed by atoms with Crippen LogP contribution in [0.4, 0.5) is 0 Å². The monoisotopic (exact) mass is 406 g/mol. The number of hydrogen-bond donors (Lipinski definition) is 6. The molecule has 0 aromatic heterocycles. The molecule has 2 saturated heterocycles. The predicted molar refractivity (Wildman–Crippen MR) is 112 cm³/mol. The van der Waals surface area contributed by atoms with Crippen molar-refractivity contribution in [2.45, 2.75) is 0 Å². The molecule has 26 heavy (non-hydrogen) atoms. The second kappa shape index (κ2) is 17.9. The lowest BCUT2D eigenvalue weighted by Crippen LogP contribution is -2.38. The van der Waals surface area contributed by atoms with Crippen LogP contribution in [0.15, 0.2) is 0 Å². The highest BCUT2D eigenvalue weighted by molar-refractivity contribution is 8.00. The van der Waals surface area contributed by atoms with Gasteiger partial charge in [0, 0.05) is 77.0 Å². The number of hydrogen-bond acceptors (Lipinski definition) is 8. The third-order valence-corrected chi connectivity index (χ3v) is 5.44. The number of nitrogens with one attached hydrogen (secondary N) is 6. The highest BCUT2D eigenvalue weighted by Crippen LogP contribution is 1.98. The van der Waals surface area contributed by atoms with Crippen LogP contribution >= 0.6 is 23.5 Å². The largest absolute Gasteiger partial charge is 0.354 e. The summed E-state index contributed by atoms with van der Waals surface area (Å²) in [5, 5.41) is 18.8. The van der Waals surface area contributed by atoms with Crippen LogP contribution in [0.5, 0.6) is 0 Å². The molecule has 6 N–H and O–H groups in total. The molecule has 2 amide bonds. The van der Waals surface area contributed by atoms with Crippen LogP contribution in [0.2, 0.25) is 0 Å². The Bertz CT molecular complexity index is 314. The van der Waals surface area contributed by atoms with Crippen LogP contribution in [-0.4, -0.2) is 100 Å². The van der Waals surface area contributed by atoms with Gasteiger partial charge in [0.25, 0.3) is 0 Å². The molecule has 2 rings (SSSR count). The maximum absolute atomic E-state index is 11.1. The Kier molecular flexibility index (Phi) is 16.2. The smallest absolute Gasteiger partial charge is 0.230 e. The summed E-state index contributed by atoms with van der Waals surface area (Å²) in [5.41, 5.74) is 0. The van der Waals surface area contributed by atoms with E-state index in [1.54, 1.807) is 0 Å². The van der Waals surface area contributed by atoms with E-state index in [2.05, 4.69) is 31.9 Å². The van der Waals surface area contributed by atoms with E-state index >= 15 is 0 Å². The van der Waals surface area contributed by atoms with Crippen molar-refractivity contribution in [2.75, 3.05) is 88.5 Å². The zero-order chi connectivity index (χ0) is 18.7. The summed E-state index contributed by atoms with van der Waals surface area (Å²) in [6.45, 7) is 9.44. The van der Waals surface area contributed by atoms with Crippen molar-refractivity contribution in [2.24, 2.45) is 0 Å². The Morgan fingerprint density at radius 2 is 0.885 bits per heavy atom. The highest BCUT2D eigenvalue weighted by Gasteiger charge is 2.05. The van der Waals surface area contributed by atoms with Gasteiger partial charge in [-0.2, -0.15) is 11.8 Å². The van der Waals surface area contributed by atoms with Gasteiger partial charge in [-0.25, -0.2) is 0 Å². The molecule has 8 nitrogen and oxygen atoms in total. The van der Waals surface area contributed by atoms with Gasteiger partial charge in [0.1, 0.15) is 0 Å². The number of carbonyl (C=O) groups excluding carboxylic acids is 2. The lowest BCUT2D eigenvalue weighted by molar-refractivity contribution is -0.118. The lowest BCUT2D eigenvalue weighted by atomic mass is 10.5. The number of thioether (sulfide) groups is 2. The third kappa shape index (κ3) is 15.7. The van der Waals surface area contributed by atoms with Gasteiger partial charge in [0.05, 0.1) is 11.5 Å². The fraction of sp³-hybridized carbons (Fsp3) is 0.875. The molecule has 0 aromatic carbocycles. The quantitative estimate of drug-likeness (QED) is 0.276. The summed E-state index contributed by atoms with van der Waals surface area (Å²) >= 11 is 3.36. The molecule has 2 aliphatic heterocycles. The van der Waals surface area contributed by atoms with Crippen LogP contribution in [0.25, 0.3) is 0 Å². The first-order chi connectivity index (χ1) is 12.8. The maximum Gasteiger partial charge on any atom is 0.230 e. The second-order valence-corrected chi connectivity index (χ2v) is 8.02. The Morgan fingerprint density at radius 1 is 0.500 bits per heavy atom. The second-order valence-electron chi connectivity index (χ2n) is 5.81. The number of carbonyl (C=O) groups is 2. The van der Waals surface area contributed by atoms with Gasteiger partial charge >= 0.3 is 0 Å². The molecule has 2 fully saturated rings. The highest BCUT2D eigenvalue weighted by atomic mass is 32.2. The Morgan fingerprint density at radius 3 is 1.35 bits per heavy atom. The molecule has 0 spiro atoms. The summed E-state index contributed by atoms with van der Waals surface area (Å²) in [6.07, 6.45) is 0. The average Bonchev–Trinajstić information content (AvgIpc) is 2.61. The predicted octanol–water partition coefficient (Wildman–Crippen LogP) is -1.94. The zero-order valence-electron chi connectivity index (χ0n) is 15.5. The summed E-state index contributed by atoms with van der Waals surface area (Å²) in [5.74, 6) is 3.17. The molecular formula is C16H34N6O2S2. The molecule has 0 radical (unpaired) electrons. The van der Waals surface area contributed by atoms with Gasteiger partial charge in [0.15, 0.2) is 0 Å². The van der Waals surface area contributed by atoms with Crippen molar-refractivity contribution >= 4 is 35.3 Å². The van der Waals surface area contributed by atoms with Crippen molar-refractivity contribution in [3.63, 3.8) is 0 Å². The molecule has 10 heteroatoms. The van der Waals surface area contributed by atoms with Gasteiger partial charge in [-0.1, -0.05) is 0 Å². The normalized spacial score (nSPS) is 22.6. The van der Waals surface area contributed by atoms with E-state index in [0.29, 0.717) is 24.6 Å². The Labute approximate surface area is 165 Å². The molecule has 152 valence electrons. The van der Waals surface area contributed by atoms with E-state index < -0.39 is 0 Å². The van der Waals surface area contributed by atoms with Gasteiger partial charge in [-0.3, -0.25) is 9.59 Å². The first-order valence-corrected chi connectivity index (χ1v) is 11.6. The van der Waals surface area contributed by atoms with Gasteiger partial charge in [-0.15, -0.1) is 11.8 Å². The third-order valence-electron chi connectivity index (χ3n) is 3.52. The fourth-order valence-corrected chi connectivity index (χ4v) is 3.62. The van der Waals surface area contributed by atoms with E-state index in [4.69, 9.17) is 0 Å². The van der Waals surface area contributed by atoms with Crippen molar-refractivity contribution < 1.29 is 9.59 Å². The van der Waals surface area contributed by atoms with Gasteiger partial charge < -0.3 is 31.9 Å². The van der Waals surface area contributed by atoms with E-state index in [0.717, 1.165) is 52.4 Å². The summed E-state index contributed by atoms with van der Waals surface area (Å²) in [4.78, 5) is 22.2. The lowest BCUT2D eigenvalue weighted by Gasteiger charge is -2.10. The topological polar surface area (TPSA) is 106 Å². The first-order valence-electron chi connectivity index (χ1n) is 9.31. The van der Waals surface area contributed by atoms with E-state index in [9.17, 15) is 9.59 Å². The fourth-order valence-electron chi connectivity index (χ4n) is 2.16. The van der Waals surface area contributed by atoms with Crippen molar-refractivity contribution in [1.82, 2.24) is 31.9 Å². The molecule has 0 saturated carbocycles. The molecule has 0 bridgehead atoms. The summed E-state index contributed by atoms with van der Waals surface area (Å²) in [6, 6.07) is 0. The molecule has 0 aromatic rings. The van der Waals surface area contributed by atoms with E-state index in [-0.39, 0.29) is 11.8 Å². The zero-order valence-corrected chi connectivity index (χ0v) is 17.2. The van der Waals surface area contributed by atoms with E-state index in [1.807, 2.05) is 11.8 Å². The number of rotatable bonds is 0. The van der Waals surface area contributed by atoms with Crippen LogP contribution in [0.1, 0.15) is 0 Å². The SMILES string of the molecule is C1CNCCSCCNCCN1.O=C1CSCC(=O)NCCNCCN1. The minimum Gasteiger partial charge on any atom is -0.354 e. The molecule has 0 atom stereocenters. The van der Waals surface area contributed by atoms with Gasteiger partial charge in [-0.05, 0) is 0 Å². The molecule has 2 aliphatic rings. The molecule has 0 unspecified atom stereocenters. The van der Waals surface area contributed by atoms with E-state index in [1.165, 1.54) is 23.3 Å². The van der Waals surface area contributed by atoms with Crippen molar-refractivity contribution in [1.29, 1.82) is 0 Å². The standard InChI is InChI=1S/C8H15N3O2S.C8H19N3S/c12-7-5-14-6-8(13)11-4-2-9-1-3-10-7;1-3-10-5-7-12-8-6-11-4-2-9-1/h9H,1-6H2,(H,10,12)(H,11,13);9-11H,1-8H2. The Hall–Kier alpha value is -0.520. The minimum atomic E-state index is -0.00910. The van der Waals surface area contributed by atoms with Crippen LogP contribution < -0.4 is 31.9 Å². The van der Waals surface area contributed by atoms with Crippen LogP contribution in [-0.2, 0) is 9.59 Å². The Balaban J connectivity index is 0.000000263. The number of amides is 2. The summed E-state index contributed by atoms with van der Waals surface area (Å²) < 4.78 is 0. The summed E-state index contributed by atoms with van der Waals surface area (Å²) in [7, 11) is 0. The average molecular weight is 407 g/mol. The molecule has 0 aliphatic carbocycles. The van der Waals surface area contributed by atoms with Gasteiger partial charge in [0.2, 0.25) is 11.8 Å². The molecule has 2 heterocycles. The van der Waals surface area contributed by atoms with Crippen molar-refractivity contribution in [3.05, 3.63) is 0 Å². The maximum atomic E-state index is 11.1. The van der Waals surface area contributed by atoms with Crippen LogP contribution in [0.3, 0.4) is 0 Å². The van der Waals surface area contributed by atoms with Crippen molar-refractivity contribution in [3.8, 4) is 0 Å². The van der Waals surface area contributed by atoms with Crippen LogP contribution in [0, 0.1) is 0 Å². The minimum absolute atomic E-state index is 0.00910.